The molecule has 0 unspecified atom stereocenters. The monoisotopic (exact) mass is 543 g/mol. The number of piperazine rings is 1. The number of thiazole rings is 1. The number of hydrogen-bond acceptors (Lipinski definition) is 9. The predicted molar refractivity (Wildman–Crippen MR) is 158 cm³/mol. The summed E-state index contributed by atoms with van der Waals surface area (Å²) in [6, 6.07) is 11.2. The van der Waals surface area contributed by atoms with Crippen LogP contribution in [-0.2, 0) is 6.42 Å². The van der Waals surface area contributed by atoms with Gasteiger partial charge >= 0.3 is 0 Å². The van der Waals surface area contributed by atoms with Gasteiger partial charge in [-0.05, 0) is 87.1 Å². The van der Waals surface area contributed by atoms with Crippen LogP contribution < -0.4 is 25.6 Å². The van der Waals surface area contributed by atoms with E-state index in [1.807, 2.05) is 5.51 Å². The molecule has 3 N–H and O–H groups in total. The number of nitrogens with zero attached hydrogens (tertiary/aromatic N) is 4. The minimum Gasteiger partial charge on any atom is -0.488 e. The van der Waals surface area contributed by atoms with Crippen molar-refractivity contribution in [3.05, 3.63) is 52.7 Å². The van der Waals surface area contributed by atoms with Crippen LogP contribution in [0.2, 0.25) is 0 Å². The fraction of sp³-hybridized carbons (Fsp3) is 0.500. The van der Waals surface area contributed by atoms with Gasteiger partial charge in [0, 0.05) is 38.0 Å². The Bertz CT molecular complexity index is 1440. The van der Waals surface area contributed by atoms with Crippen molar-refractivity contribution in [3.63, 3.8) is 0 Å². The van der Waals surface area contributed by atoms with Crippen LogP contribution in [0.15, 0.2) is 35.8 Å². The minimum absolute atomic E-state index is 0.229. The molecule has 0 aliphatic carbocycles. The minimum atomic E-state index is 0.229. The maximum Gasteiger partial charge on any atom is 0.147 e. The first-order chi connectivity index (χ1) is 19.3. The van der Waals surface area contributed by atoms with Crippen molar-refractivity contribution in [2.75, 3.05) is 57.3 Å². The molecular weight excluding hydrogens is 506 g/mol. The highest BCUT2D eigenvalue weighted by atomic mass is 32.1. The van der Waals surface area contributed by atoms with Crippen LogP contribution >= 0.6 is 11.3 Å². The van der Waals surface area contributed by atoms with Gasteiger partial charge in [0.25, 0.3) is 0 Å². The van der Waals surface area contributed by atoms with Crippen LogP contribution in [0.25, 0.3) is 21.1 Å². The number of nitrogens with one attached hydrogen (secondary N) is 3. The molecule has 0 atom stereocenters. The van der Waals surface area contributed by atoms with Crippen LogP contribution in [0.3, 0.4) is 0 Å². The molecule has 3 saturated heterocycles. The molecule has 0 amide bonds. The van der Waals surface area contributed by atoms with Gasteiger partial charge in [-0.15, -0.1) is 16.4 Å². The van der Waals surface area contributed by atoms with E-state index < -0.39 is 0 Å². The second kappa shape index (κ2) is 11.3. The van der Waals surface area contributed by atoms with Gasteiger partial charge in [-0.1, -0.05) is 12.1 Å². The van der Waals surface area contributed by atoms with Crippen LogP contribution in [0, 0.1) is 0 Å². The van der Waals surface area contributed by atoms with Crippen LogP contribution in [0.1, 0.15) is 48.4 Å². The summed E-state index contributed by atoms with van der Waals surface area (Å²) in [5.74, 6) is 1.40. The molecule has 2 aromatic carbocycles. The van der Waals surface area contributed by atoms with Gasteiger partial charge in [-0.2, -0.15) is 5.10 Å². The highest BCUT2D eigenvalue weighted by Gasteiger charge is 2.24. The van der Waals surface area contributed by atoms with Gasteiger partial charge in [0.05, 0.1) is 21.6 Å². The van der Waals surface area contributed by atoms with E-state index in [9.17, 15) is 0 Å². The summed E-state index contributed by atoms with van der Waals surface area (Å²) >= 11 is 1.71. The zero-order chi connectivity index (χ0) is 26.0. The molecular formula is C30H37N7OS. The Morgan fingerprint density at radius 1 is 0.846 bits per heavy atom. The lowest BCUT2D eigenvalue weighted by molar-refractivity contribution is 0.164. The molecule has 3 aliphatic rings. The lowest BCUT2D eigenvalue weighted by Gasteiger charge is -2.31. The smallest absolute Gasteiger partial charge is 0.147 e. The zero-order valence-corrected chi connectivity index (χ0v) is 23.2. The average molecular weight is 544 g/mol. The molecule has 9 heteroatoms. The summed E-state index contributed by atoms with van der Waals surface area (Å²) in [5, 5.41) is 21.3. The van der Waals surface area contributed by atoms with Gasteiger partial charge in [-0.3, -0.25) is 0 Å². The van der Waals surface area contributed by atoms with Crippen LogP contribution in [-0.4, -0.2) is 73.6 Å². The lowest BCUT2D eigenvalue weighted by atomic mass is 9.87. The standard InChI is InChI=1S/C30H37N7OS/c1-4-27-29(34-19-39-27)30(37-15-13-33-14-16-37)21(1)17-22-18-25-24(20-5-9-31-10-6-20)2-3-26(28(25)36-35-22)38-23-7-11-32-12-8-23/h1-4,18-20,23,31-33H,5-17H2. The maximum atomic E-state index is 6.53. The van der Waals surface area contributed by atoms with Crippen molar-refractivity contribution in [2.24, 2.45) is 0 Å². The SMILES string of the molecule is c1nc2c(N3CCNCC3)c(Cc3cc4c(C5CCNCC5)ccc(OC5CCNCC5)c4nn3)ccc2s1. The van der Waals surface area contributed by atoms with Gasteiger partial charge in [-0.25, -0.2) is 4.98 Å². The number of ether oxygens (including phenoxy) is 1. The first kappa shape index (κ1) is 25.1. The summed E-state index contributed by atoms with van der Waals surface area (Å²) in [6.07, 6.45) is 5.31. The summed E-state index contributed by atoms with van der Waals surface area (Å²) in [6.45, 7) is 8.10. The van der Waals surface area contributed by atoms with Gasteiger partial charge in [0.1, 0.15) is 22.9 Å². The quantitative estimate of drug-likeness (QED) is 0.338. The Morgan fingerprint density at radius 2 is 1.62 bits per heavy atom. The molecule has 0 spiro atoms. The summed E-state index contributed by atoms with van der Waals surface area (Å²) < 4.78 is 7.77. The van der Waals surface area contributed by atoms with Crippen LogP contribution in [0.4, 0.5) is 5.69 Å². The molecule has 4 aromatic rings. The van der Waals surface area contributed by atoms with E-state index in [1.54, 1.807) is 11.3 Å². The van der Waals surface area contributed by atoms with Crippen molar-refractivity contribution in [1.29, 1.82) is 0 Å². The van der Waals surface area contributed by atoms with E-state index in [0.717, 1.165) is 107 Å². The number of anilines is 1. The molecule has 0 saturated carbocycles. The third-order valence-electron chi connectivity index (χ3n) is 8.53. The van der Waals surface area contributed by atoms with Crippen molar-refractivity contribution in [3.8, 4) is 5.75 Å². The molecule has 3 fully saturated rings. The van der Waals surface area contributed by atoms with E-state index >= 15 is 0 Å². The van der Waals surface area contributed by atoms with E-state index in [0.29, 0.717) is 5.92 Å². The van der Waals surface area contributed by atoms with Crippen molar-refractivity contribution in [2.45, 2.75) is 44.1 Å². The molecule has 0 radical (unpaired) electrons. The third-order valence-corrected chi connectivity index (χ3v) is 9.32. The van der Waals surface area contributed by atoms with Crippen molar-refractivity contribution < 1.29 is 4.74 Å². The van der Waals surface area contributed by atoms with E-state index in [-0.39, 0.29) is 6.10 Å². The van der Waals surface area contributed by atoms with E-state index in [4.69, 9.17) is 19.9 Å². The number of aromatic nitrogens is 3. The number of fused-ring (bicyclic) bond motifs is 2. The summed E-state index contributed by atoms with van der Waals surface area (Å²) in [7, 11) is 0. The largest absolute Gasteiger partial charge is 0.488 e. The second-order valence-corrected chi connectivity index (χ2v) is 11.9. The van der Waals surface area contributed by atoms with Crippen LogP contribution in [0.5, 0.6) is 5.75 Å². The predicted octanol–water partition coefficient (Wildman–Crippen LogP) is 3.84. The van der Waals surface area contributed by atoms with E-state index in [1.165, 1.54) is 26.9 Å². The Labute approximate surface area is 233 Å². The molecule has 39 heavy (non-hydrogen) atoms. The molecule has 8 nitrogen and oxygen atoms in total. The number of rotatable bonds is 6. The topological polar surface area (TPSA) is 87.2 Å². The van der Waals surface area contributed by atoms with Gasteiger partial charge in [0.2, 0.25) is 0 Å². The Morgan fingerprint density at radius 3 is 2.44 bits per heavy atom. The molecule has 3 aliphatic heterocycles. The molecule has 7 rings (SSSR count). The van der Waals surface area contributed by atoms with Crippen molar-refractivity contribution in [1.82, 2.24) is 31.1 Å². The third kappa shape index (κ3) is 5.20. The second-order valence-electron chi connectivity index (χ2n) is 11.0. The average Bonchev–Trinajstić information content (AvgIpc) is 3.48. The molecule has 5 heterocycles. The zero-order valence-electron chi connectivity index (χ0n) is 22.4. The number of benzene rings is 2. The lowest BCUT2D eigenvalue weighted by Crippen LogP contribution is -2.44. The number of piperidine rings is 2. The first-order valence-electron chi connectivity index (χ1n) is 14.5. The Hall–Kier alpha value is -2.85. The maximum absolute atomic E-state index is 6.53. The fourth-order valence-corrected chi connectivity index (χ4v) is 7.15. The number of hydrogen-bond donors (Lipinski definition) is 3. The molecule has 0 bridgehead atoms. The van der Waals surface area contributed by atoms with Gasteiger partial charge < -0.3 is 25.6 Å². The Balaban J connectivity index is 1.28. The summed E-state index contributed by atoms with van der Waals surface area (Å²) in [5.41, 5.74) is 8.91. The van der Waals surface area contributed by atoms with Gasteiger partial charge in [0.15, 0.2) is 0 Å². The molecule has 2 aromatic heterocycles. The summed E-state index contributed by atoms with van der Waals surface area (Å²) in [4.78, 5) is 7.28. The first-order valence-corrected chi connectivity index (χ1v) is 15.4. The van der Waals surface area contributed by atoms with E-state index in [2.05, 4.69) is 51.2 Å². The van der Waals surface area contributed by atoms with Crippen molar-refractivity contribution >= 4 is 38.1 Å². The highest BCUT2D eigenvalue weighted by molar-refractivity contribution is 7.16. The highest BCUT2D eigenvalue weighted by Crippen LogP contribution is 2.37. The normalized spacial score (nSPS) is 19.6. The molecule has 204 valence electrons. The Kier molecular flexibility index (Phi) is 7.30. The fourth-order valence-electron chi connectivity index (χ4n) is 6.47.